The molecule has 0 radical (unpaired) electrons. The second-order valence-electron chi connectivity index (χ2n) is 5.55. The molecule has 0 heterocycles. The van der Waals surface area contributed by atoms with Crippen LogP contribution in [0.1, 0.15) is 30.1 Å². The van der Waals surface area contributed by atoms with Crippen LogP contribution >= 0.6 is 11.6 Å². The van der Waals surface area contributed by atoms with E-state index in [0.29, 0.717) is 29.4 Å². The number of amides is 1. The van der Waals surface area contributed by atoms with Crippen LogP contribution < -0.4 is 10.5 Å². The van der Waals surface area contributed by atoms with E-state index in [9.17, 15) is 9.59 Å². The van der Waals surface area contributed by atoms with E-state index in [1.165, 1.54) is 0 Å². The van der Waals surface area contributed by atoms with Crippen molar-refractivity contribution in [3.63, 3.8) is 0 Å². The Bertz CT molecular complexity index is 733. The van der Waals surface area contributed by atoms with Crippen LogP contribution in [0.5, 0.6) is 5.75 Å². The summed E-state index contributed by atoms with van der Waals surface area (Å²) in [6.45, 7) is 2.24. The third-order valence-corrected chi connectivity index (χ3v) is 3.96. The molecule has 0 bridgehead atoms. The summed E-state index contributed by atoms with van der Waals surface area (Å²) in [7, 11) is 0. The molecule has 1 atom stereocenters. The summed E-state index contributed by atoms with van der Waals surface area (Å²) in [5.41, 5.74) is 6.80. The average Bonchev–Trinajstić information content (AvgIpc) is 2.60. The third-order valence-electron chi connectivity index (χ3n) is 3.53. The van der Waals surface area contributed by atoms with E-state index >= 15 is 0 Å². The first-order valence-electron chi connectivity index (χ1n) is 7.90. The van der Waals surface area contributed by atoms with Gasteiger partial charge in [-0.25, -0.2) is 0 Å². The van der Waals surface area contributed by atoms with Crippen LogP contribution in [0.2, 0.25) is 5.02 Å². The smallest absolute Gasteiger partial charge is 0.307 e. The summed E-state index contributed by atoms with van der Waals surface area (Å²) in [6.07, 6.45) is -0.488. The molecular weight excluding hydrogens is 342 g/mol. The lowest BCUT2D eigenvalue weighted by Gasteiger charge is -2.15. The Morgan fingerprint density at radius 2 is 1.88 bits per heavy atom. The van der Waals surface area contributed by atoms with Crippen molar-refractivity contribution in [1.29, 1.82) is 0 Å². The SMILES string of the molecule is Cc1cc(OCCCC(=O)O[C@H](C(N)=O)c2ccccc2)ccc1Cl. The highest BCUT2D eigenvalue weighted by atomic mass is 35.5. The molecule has 0 aliphatic carbocycles. The molecule has 0 spiro atoms. The molecule has 2 aromatic carbocycles. The van der Waals surface area contributed by atoms with E-state index in [2.05, 4.69) is 0 Å². The largest absolute Gasteiger partial charge is 0.494 e. The van der Waals surface area contributed by atoms with Crippen LogP contribution in [0.25, 0.3) is 0 Å². The van der Waals surface area contributed by atoms with Gasteiger partial charge in [0.05, 0.1) is 6.61 Å². The van der Waals surface area contributed by atoms with Crippen molar-refractivity contribution in [2.75, 3.05) is 6.61 Å². The van der Waals surface area contributed by atoms with E-state index in [1.54, 1.807) is 42.5 Å². The number of hydrogen-bond acceptors (Lipinski definition) is 4. The second-order valence-corrected chi connectivity index (χ2v) is 5.95. The van der Waals surface area contributed by atoms with Gasteiger partial charge in [-0.2, -0.15) is 0 Å². The van der Waals surface area contributed by atoms with Crippen molar-refractivity contribution in [3.05, 3.63) is 64.7 Å². The lowest BCUT2D eigenvalue weighted by Crippen LogP contribution is -2.26. The molecule has 0 fully saturated rings. The Hall–Kier alpha value is -2.53. The summed E-state index contributed by atoms with van der Waals surface area (Å²) >= 11 is 5.95. The Morgan fingerprint density at radius 1 is 1.16 bits per heavy atom. The van der Waals surface area contributed by atoms with Crippen molar-refractivity contribution in [2.45, 2.75) is 25.9 Å². The molecule has 1 amide bonds. The minimum atomic E-state index is -1.08. The van der Waals surface area contributed by atoms with Crippen molar-refractivity contribution in [1.82, 2.24) is 0 Å². The van der Waals surface area contributed by atoms with Gasteiger partial charge >= 0.3 is 5.97 Å². The molecule has 2 rings (SSSR count). The Kier molecular flexibility index (Phi) is 6.83. The molecule has 0 aromatic heterocycles. The Morgan fingerprint density at radius 3 is 2.52 bits per heavy atom. The summed E-state index contributed by atoms with van der Waals surface area (Å²) in [6, 6.07) is 14.0. The maximum atomic E-state index is 11.9. The van der Waals surface area contributed by atoms with Crippen molar-refractivity contribution < 1.29 is 19.1 Å². The number of primary amides is 1. The first-order valence-corrected chi connectivity index (χ1v) is 8.28. The fourth-order valence-corrected chi connectivity index (χ4v) is 2.34. The van der Waals surface area contributed by atoms with E-state index in [0.717, 1.165) is 5.56 Å². The Balaban J connectivity index is 1.79. The zero-order valence-electron chi connectivity index (χ0n) is 13.9. The number of ether oxygens (including phenoxy) is 2. The highest BCUT2D eigenvalue weighted by molar-refractivity contribution is 6.31. The molecule has 2 N–H and O–H groups in total. The number of carbonyl (C=O) groups is 2. The van der Waals surface area contributed by atoms with Gasteiger partial charge < -0.3 is 15.2 Å². The van der Waals surface area contributed by atoms with Gasteiger partial charge in [-0.3, -0.25) is 9.59 Å². The van der Waals surface area contributed by atoms with Crippen LogP contribution in [0.3, 0.4) is 0 Å². The van der Waals surface area contributed by atoms with Crippen LogP contribution in [-0.2, 0) is 14.3 Å². The maximum Gasteiger partial charge on any atom is 0.307 e. The number of nitrogens with two attached hydrogens (primary N) is 1. The first kappa shape index (κ1) is 18.8. The summed E-state index contributed by atoms with van der Waals surface area (Å²) < 4.78 is 10.8. The quantitative estimate of drug-likeness (QED) is 0.575. The normalized spacial score (nSPS) is 11.6. The molecule has 0 aliphatic rings. The fourth-order valence-electron chi connectivity index (χ4n) is 2.22. The molecule has 5 nitrogen and oxygen atoms in total. The molecule has 0 saturated heterocycles. The highest BCUT2D eigenvalue weighted by Gasteiger charge is 2.22. The van der Waals surface area contributed by atoms with Gasteiger partial charge in [-0.05, 0) is 37.1 Å². The van der Waals surface area contributed by atoms with E-state index < -0.39 is 18.0 Å². The number of carbonyl (C=O) groups excluding carboxylic acids is 2. The van der Waals surface area contributed by atoms with Gasteiger partial charge in [0.15, 0.2) is 0 Å². The second kappa shape index (κ2) is 9.08. The number of halogens is 1. The van der Waals surface area contributed by atoms with Crippen LogP contribution in [0.15, 0.2) is 48.5 Å². The van der Waals surface area contributed by atoms with Crippen molar-refractivity contribution >= 4 is 23.5 Å². The van der Waals surface area contributed by atoms with Gasteiger partial charge in [-0.1, -0.05) is 41.9 Å². The zero-order chi connectivity index (χ0) is 18.2. The highest BCUT2D eigenvalue weighted by Crippen LogP contribution is 2.21. The monoisotopic (exact) mass is 361 g/mol. The minimum absolute atomic E-state index is 0.128. The molecule has 6 heteroatoms. The lowest BCUT2D eigenvalue weighted by atomic mass is 10.1. The first-order chi connectivity index (χ1) is 12.0. The molecule has 0 unspecified atom stereocenters. The van der Waals surface area contributed by atoms with Gasteiger partial charge in [-0.15, -0.1) is 0 Å². The lowest BCUT2D eigenvalue weighted by molar-refractivity contribution is -0.155. The summed E-state index contributed by atoms with van der Waals surface area (Å²) in [5.74, 6) is -0.509. The minimum Gasteiger partial charge on any atom is -0.494 e. The predicted molar refractivity (Wildman–Crippen MR) is 95.4 cm³/mol. The molecule has 132 valence electrons. The average molecular weight is 362 g/mol. The number of benzene rings is 2. The van der Waals surface area contributed by atoms with E-state index in [1.807, 2.05) is 13.0 Å². The Labute approximate surface area is 151 Å². The molecular formula is C19H20ClNO4. The van der Waals surface area contributed by atoms with Crippen LogP contribution in [0.4, 0.5) is 0 Å². The maximum absolute atomic E-state index is 11.9. The van der Waals surface area contributed by atoms with E-state index in [4.69, 9.17) is 26.8 Å². The fraction of sp³-hybridized carbons (Fsp3) is 0.263. The van der Waals surface area contributed by atoms with Crippen molar-refractivity contribution in [2.24, 2.45) is 5.73 Å². The van der Waals surface area contributed by atoms with Crippen molar-refractivity contribution in [3.8, 4) is 5.75 Å². The van der Waals surface area contributed by atoms with Gasteiger partial charge in [0, 0.05) is 17.0 Å². The molecule has 0 saturated carbocycles. The summed E-state index contributed by atoms with van der Waals surface area (Å²) in [4.78, 5) is 23.5. The molecule has 0 aliphatic heterocycles. The van der Waals surface area contributed by atoms with Crippen LogP contribution in [-0.4, -0.2) is 18.5 Å². The topological polar surface area (TPSA) is 78.6 Å². The third kappa shape index (κ3) is 5.80. The number of esters is 1. The standard InChI is InChI=1S/C19H20ClNO4/c1-13-12-15(9-10-16(13)20)24-11-5-8-17(22)25-18(19(21)23)14-6-3-2-4-7-14/h2-4,6-7,9-10,12,18H,5,8,11H2,1H3,(H2,21,23)/t18-/m0/s1. The number of aryl methyl sites for hydroxylation is 1. The molecule has 2 aromatic rings. The zero-order valence-corrected chi connectivity index (χ0v) is 14.7. The number of rotatable bonds is 8. The van der Waals surface area contributed by atoms with Gasteiger partial charge in [0.2, 0.25) is 6.10 Å². The molecule has 25 heavy (non-hydrogen) atoms. The van der Waals surface area contributed by atoms with Gasteiger partial charge in [0.1, 0.15) is 5.75 Å². The van der Waals surface area contributed by atoms with E-state index in [-0.39, 0.29) is 6.42 Å². The summed E-state index contributed by atoms with van der Waals surface area (Å²) in [5, 5.41) is 0.675. The predicted octanol–water partition coefficient (Wildman–Crippen LogP) is 3.58. The van der Waals surface area contributed by atoms with Crippen LogP contribution in [0, 0.1) is 6.92 Å². The number of hydrogen-bond donors (Lipinski definition) is 1. The van der Waals surface area contributed by atoms with Gasteiger partial charge in [0.25, 0.3) is 5.91 Å².